The molecule has 2 N–H and O–H groups in total. The number of amides is 1. The van der Waals surface area contributed by atoms with Gasteiger partial charge in [0.2, 0.25) is 5.91 Å². The van der Waals surface area contributed by atoms with E-state index in [0.717, 1.165) is 41.2 Å². The van der Waals surface area contributed by atoms with Crippen LogP contribution in [0.1, 0.15) is 30.1 Å². The van der Waals surface area contributed by atoms with Gasteiger partial charge in [0.1, 0.15) is 6.54 Å². The molecule has 7 heteroatoms. The van der Waals surface area contributed by atoms with E-state index >= 15 is 0 Å². The summed E-state index contributed by atoms with van der Waals surface area (Å²) in [5.74, 6) is -0.238. The quantitative estimate of drug-likeness (QED) is 0.544. The molecule has 2 heterocycles. The zero-order chi connectivity index (χ0) is 20.0. The van der Waals surface area contributed by atoms with Crippen LogP contribution in [0, 0.1) is 0 Å². The van der Waals surface area contributed by atoms with Crippen LogP contribution in [0.2, 0.25) is 5.02 Å². The van der Waals surface area contributed by atoms with Crippen LogP contribution in [0.15, 0.2) is 53.5 Å². The van der Waals surface area contributed by atoms with Crippen LogP contribution in [0.4, 0.5) is 0 Å². The van der Waals surface area contributed by atoms with Crippen molar-refractivity contribution in [3.05, 3.63) is 75.3 Å². The van der Waals surface area contributed by atoms with E-state index < -0.39 is 0 Å². The number of carbonyl (C=O) groups excluding carboxylic acids is 1. The van der Waals surface area contributed by atoms with E-state index in [1.54, 1.807) is 18.3 Å². The molecule has 0 saturated carbocycles. The number of aryl methyl sites for hydroxylation is 1. The number of fused-ring (bicyclic) bond motifs is 4. The number of H-pyrrole nitrogens is 1. The Labute approximate surface area is 171 Å². The standard InChI is InChI=1S/C22H19ClN4O2/c23-17-9-3-7-15-16-8-4-10-18(21(16)26-20(15)17)25-19(28)12-27-22(29)14-6-2-1-5-13(14)11-24-27/h1-3,5-7,9,11,18,26H,4,8,10,12H2,(H,25,28)/t18-/m1/s1. The molecule has 1 atom stereocenters. The Hall–Kier alpha value is -3.12. The lowest BCUT2D eigenvalue weighted by Gasteiger charge is -2.24. The highest BCUT2D eigenvalue weighted by Crippen LogP contribution is 2.36. The van der Waals surface area contributed by atoms with Crippen LogP contribution >= 0.6 is 11.6 Å². The Bertz CT molecular complexity index is 1310. The fourth-order valence-electron chi connectivity index (χ4n) is 4.21. The summed E-state index contributed by atoms with van der Waals surface area (Å²) in [6.07, 6.45) is 4.38. The first-order valence-corrected chi connectivity index (χ1v) is 10.0. The second-order valence-electron chi connectivity index (χ2n) is 7.39. The molecular formula is C22H19ClN4O2. The molecule has 1 aliphatic carbocycles. The fraction of sp³-hybridized carbons (Fsp3) is 0.227. The number of aromatic amines is 1. The van der Waals surface area contributed by atoms with Crippen LogP contribution in [0.5, 0.6) is 0 Å². The van der Waals surface area contributed by atoms with Gasteiger partial charge in [-0.1, -0.05) is 41.9 Å². The second-order valence-corrected chi connectivity index (χ2v) is 7.79. The zero-order valence-corrected chi connectivity index (χ0v) is 16.4. The first kappa shape index (κ1) is 17.9. The van der Waals surface area contributed by atoms with E-state index in [1.807, 2.05) is 24.3 Å². The van der Waals surface area contributed by atoms with E-state index in [1.165, 1.54) is 10.2 Å². The summed E-state index contributed by atoms with van der Waals surface area (Å²) in [4.78, 5) is 28.7. The number of hydrogen-bond acceptors (Lipinski definition) is 3. The van der Waals surface area contributed by atoms with Crippen molar-refractivity contribution >= 4 is 39.2 Å². The Balaban J connectivity index is 1.41. The highest BCUT2D eigenvalue weighted by atomic mass is 35.5. The largest absolute Gasteiger partial charge is 0.355 e. The van der Waals surface area contributed by atoms with Crippen LogP contribution < -0.4 is 10.9 Å². The van der Waals surface area contributed by atoms with Gasteiger partial charge in [-0.2, -0.15) is 5.10 Å². The molecule has 0 bridgehead atoms. The molecule has 0 aliphatic heterocycles. The molecule has 0 unspecified atom stereocenters. The molecule has 0 saturated heterocycles. The van der Waals surface area contributed by atoms with E-state index in [9.17, 15) is 9.59 Å². The predicted octanol–water partition coefficient (Wildman–Crippen LogP) is 3.73. The number of para-hydroxylation sites is 1. The molecule has 2 aromatic carbocycles. The summed E-state index contributed by atoms with van der Waals surface area (Å²) < 4.78 is 1.21. The maximum Gasteiger partial charge on any atom is 0.275 e. The minimum absolute atomic E-state index is 0.115. The number of hydrogen-bond donors (Lipinski definition) is 2. The molecular weight excluding hydrogens is 388 g/mol. The van der Waals surface area contributed by atoms with Crippen LogP contribution in [0.3, 0.4) is 0 Å². The molecule has 1 aliphatic rings. The van der Waals surface area contributed by atoms with E-state index in [0.29, 0.717) is 10.4 Å². The first-order valence-electron chi connectivity index (χ1n) is 9.65. The summed E-state index contributed by atoms with van der Waals surface area (Å²) in [6, 6.07) is 13.0. The third kappa shape index (κ3) is 3.09. The Kier molecular flexibility index (Phi) is 4.36. The normalized spacial score (nSPS) is 16.1. The number of aromatic nitrogens is 3. The van der Waals surface area contributed by atoms with Crippen molar-refractivity contribution in [3.63, 3.8) is 0 Å². The summed E-state index contributed by atoms with van der Waals surface area (Å²) in [5.41, 5.74) is 2.86. The van der Waals surface area contributed by atoms with Crippen molar-refractivity contribution in [2.24, 2.45) is 0 Å². The Morgan fingerprint density at radius 3 is 2.93 bits per heavy atom. The summed E-state index contributed by atoms with van der Waals surface area (Å²) in [5, 5.41) is 10.3. The lowest BCUT2D eigenvalue weighted by atomic mass is 9.91. The van der Waals surface area contributed by atoms with Gasteiger partial charge in [0.25, 0.3) is 5.56 Å². The van der Waals surface area contributed by atoms with Gasteiger partial charge in [-0.3, -0.25) is 9.59 Å². The lowest BCUT2D eigenvalue weighted by molar-refractivity contribution is -0.122. The number of nitrogens with one attached hydrogen (secondary N) is 2. The zero-order valence-electron chi connectivity index (χ0n) is 15.6. The van der Waals surface area contributed by atoms with Crippen molar-refractivity contribution in [2.75, 3.05) is 0 Å². The maximum absolute atomic E-state index is 12.7. The van der Waals surface area contributed by atoms with Gasteiger partial charge < -0.3 is 10.3 Å². The molecule has 1 amide bonds. The SMILES string of the molecule is O=C(Cn1ncc2ccccc2c1=O)N[C@@H]1CCCc2c1[nH]c1c(Cl)cccc21. The summed E-state index contributed by atoms with van der Waals surface area (Å²) in [6.45, 7) is -0.115. The number of carbonyl (C=O) groups is 1. The smallest absolute Gasteiger partial charge is 0.275 e. The molecule has 146 valence electrons. The monoisotopic (exact) mass is 406 g/mol. The van der Waals surface area contributed by atoms with Crippen molar-refractivity contribution in [3.8, 4) is 0 Å². The fourth-order valence-corrected chi connectivity index (χ4v) is 4.43. The van der Waals surface area contributed by atoms with E-state index in [-0.39, 0.29) is 24.1 Å². The average molecular weight is 407 g/mol. The van der Waals surface area contributed by atoms with Gasteiger partial charge >= 0.3 is 0 Å². The molecule has 2 aromatic heterocycles. The molecule has 0 spiro atoms. The van der Waals surface area contributed by atoms with Gasteiger partial charge in [-0.15, -0.1) is 0 Å². The number of benzene rings is 2. The second kappa shape index (κ2) is 7.04. The lowest BCUT2D eigenvalue weighted by Crippen LogP contribution is -2.36. The van der Waals surface area contributed by atoms with Gasteiger partial charge in [0, 0.05) is 16.5 Å². The third-order valence-corrected chi connectivity index (χ3v) is 5.90. The van der Waals surface area contributed by atoms with Crippen LogP contribution in [-0.4, -0.2) is 20.7 Å². The van der Waals surface area contributed by atoms with Crippen molar-refractivity contribution in [1.82, 2.24) is 20.1 Å². The average Bonchev–Trinajstić information content (AvgIpc) is 3.12. The van der Waals surface area contributed by atoms with Crippen molar-refractivity contribution in [2.45, 2.75) is 31.8 Å². The Morgan fingerprint density at radius 2 is 2.03 bits per heavy atom. The van der Waals surface area contributed by atoms with E-state index in [2.05, 4.69) is 21.5 Å². The first-order chi connectivity index (χ1) is 14.1. The predicted molar refractivity (Wildman–Crippen MR) is 113 cm³/mol. The highest BCUT2D eigenvalue weighted by Gasteiger charge is 2.26. The van der Waals surface area contributed by atoms with Gasteiger partial charge in [-0.25, -0.2) is 4.68 Å². The molecule has 6 nitrogen and oxygen atoms in total. The summed E-state index contributed by atoms with van der Waals surface area (Å²) >= 11 is 6.34. The van der Waals surface area contributed by atoms with Crippen molar-refractivity contribution < 1.29 is 4.79 Å². The molecule has 4 aromatic rings. The van der Waals surface area contributed by atoms with Crippen LogP contribution in [-0.2, 0) is 17.8 Å². The third-order valence-electron chi connectivity index (χ3n) is 5.58. The van der Waals surface area contributed by atoms with E-state index in [4.69, 9.17) is 11.6 Å². The van der Waals surface area contributed by atoms with Gasteiger partial charge in [0.05, 0.1) is 28.2 Å². The maximum atomic E-state index is 12.7. The minimum Gasteiger partial charge on any atom is -0.355 e. The topological polar surface area (TPSA) is 79.8 Å². The Morgan fingerprint density at radius 1 is 1.21 bits per heavy atom. The minimum atomic E-state index is -0.264. The molecule has 29 heavy (non-hydrogen) atoms. The molecule has 5 rings (SSSR count). The van der Waals surface area contributed by atoms with Crippen LogP contribution in [0.25, 0.3) is 21.7 Å². The molecule has 0 radical (unpaired) electrons. The molecule has 0 fully saturated rings. The number of halogens is 1. The van der Waals surface area contributed by atoms with Gasteiger partial charge in [-0.05, 0) is 37.0 Å². The van der Waals surface area contributed by atoms with Gasteiger partial charge in [0.15, 0.2) is 0 Å². The highest BCUT2D eigenvalue weighted by molar-refractivity contribution is 6.35. The summed E-state index contributed by atoms with van der Waals surface area (Å²) in [7, 11) is 0. The number of rotatable bonds is 3. The van der Waals surface area contributed by atoms with Crippen molar-refractivity contribution in [1.29, 1.82) is 0 Å². The number of nitrogens with zero attached hydrogens (tertiary/aromatic N) is 2.